The van der Waals surface area contributed by atoms with Crippen LogP contribution in [0.2, 0.25) is 5.02 Å². The number of amides is 1. The first kappa shape index (κ1) is 14.7. The van der Waals surface area contributed by atoms with Gasteiger partial charge in [-0.1, -0.05) is 11.6 Å². The summed E-state index contributed by atoms with van der Waals surface area (Å²) in [5, 5.41) is 9.27. The number of aliphatic carboxylic acids is 1. The number of carbonyl (C=O) groups is 2. The minimum absolute atomic E-state index is 0.0394. The Balaban J connectivity index is 1.78. The molecule has 0 radical (unpaired) electrons. The highest BCUT2D eigenvalue weighted by atomic mass is 35.5. The van der Waals surface area contributed by atoms with Crippen LogP contribution in [-0.4, -0.2) is 41.6 Å². The van der Waals surface area contributed by atoms with E-state index in [1.165, 1.54) is 0 Å². The third kappa shape index (κ3) is 3.63. The van der Waals surface area contributed by atoms with Crippen molar-refractivity contribution in [2.24, 2.45) is 5.92 Å². The molecule has 1 N–H and O–H groups in total. The van der Waals surface area contributed by atoms with Crippen molar-refractivity contribution in [3.05, 3.63) is 28.8 Å². The summed E-state index contributed by atoms with van der Waals surface area (Å²) in [6.07, 6.45) is 0.112. The maximum atomic E-state index is 11.8. The zero-order valence-electron chi connectivity index (χ0n) is 11.1. The number of halogens is 1. The van der Waals surface area contributed by atoms with Gasteiger partial charge in [-0.05, 0) is 30.7 Å². The first-order valence-corrected chi connectivity index (χ1v) is 6.72. The average Bonchev–Trinajstić information content (AvgIpc) is 2.31. The average molecular weight is 298 g/mol. The van der Waals surface area contributed by atoms with E-state index in [4.69, 9.17) is 21.4 Å². The van der Waals surface area contributed by atoms with Crippen LogP contribution < -0.4 is 4.74 Å². The molecule has 1 aliphatic rings. The number of nitrogens with zero attached hydrogens (tertiary/aromatic N) is 1. The molecule has 1 saturated heterocycles. The minimum atomic E-state index is -0.824. The fraction of sp³-hybridized carbons (Fsp3) is 0.429. The number of hydrogen-bond acceptors (Lipinski definition) is 3. The molecule has 5 nitrogen and oxygen atoms in total. The normalized spacial score (nSPS) is 14.8. The van der Waals surface area contributed by atoms with Crippen molar-refractivity contribution in [2.75, 3.05) is 19.7 Å². The molecule has 0 saturated carbocycles. The van der Waals surface area contributed by atoms with Crippen molar-refractivity contribution in [1.82, 2.24) is 4.90 Å². The Labute approximate surface area is 122 Å². The smallest absolute Gasteiger partial charge is 0.303 e. The van der Waals surface area contributed by atoms with E-state index in [1.54, 1.807) is 23.1 Å². The number of benzene rings is 1. The van der Waals surface area contributed by atoms with Gasteiger partial charge in [0.25, 0.3) is 5.91 Å². The molecule has 108 valence electrons. The summed E-state index contributed by atoms with van der Waals surface area (Å²) >= 11 is 5.84. The molecule has 0 unspecified atom stereocenters. The number of ether oxygens (including phenoxy) is 1. The molecule has 0 spiro atoms. The molecular formula is C14H16ClNO4. The van der Waals surface area contributed by atoms with E-state index in [0.29, 0.717) is 23.9 Å². The molecule has 6 heteroatoms. The Morgan fingerprint density at radius 3 is 2.75 bits per heavy atom. The molecular weight excluding hydrogens is 282 g/mol. The molecule has 1 heterocycles. The third-order valence-electron chi connectivity index (χ3n) is 3.26. The SMILES string of the molecule is Cc1cc(Cl)ccc1OCC(=O)N1CC(CC(=O)O)C1. The Morgan fingerprint density at radius 1 is 1.45 bits per heavy atom. The van der Waals surface area contributed by atoms with Crippen LogP contribution in [0, 0.1) is 12.8 Å². The van der Waals surface area contributed by atoms with Crippen LogP contribution in [0.3, 0.4) is 0 Å². The van der Waals surface area contributed by atoms with Crippen LogP contribution in [-0.2, 0) is 9.59 Å². The van der Waals surface area contributed by atoms with E-state index in [9.17, 15) is 9.59 Å². The first-order valence-electron chi connectivity index (χ1n) is 6.34. The number of aryl methyl sites for hydroxylation is 1. The highest BCUT2D eigenvalue weighted by Crippen LogP contribution is 2.23. The van der Waals surface area contributed by atoms with Crippen molar-refractivity contribution in [1.29, 1.82) is 0 Å². The molecule has 0 bridgehead atoms. The van der Waals surface area contributed by atoms with Gasteiger partial charge in [0.05, 0.1) is 6.42 Å². The third-order valence-corrected chi connectivity index (χ3v) is 3.50. The molecule has 20 heavy (non-hydrogen) atoms. The van der Waals surface area contributed by atoms with E-state index in [-0.39, 0.29) is 24.9 Å². The Kier molecular flexibility index (Phi) is 4.49. The van der Waals surface area contributed by atoms with Gasteiger partial charge in [-0.2, -0.15) is 0 Å². The van der Waals surface area contributed by atoms with Gasteiger partial charge in [-0.3, -0.25) is 9.59 Å². The highest BCUT2D eigenvalue weighted by molar-refractivity contribution is 6.30. The zero-order valence-corrected chi connectivity index (χ0v) is 11.9. The predicted octanol–water partition coefficient (Wildman–Crippen LogP) is 1.96. The number of hydrogen-bond donors (Lipinski definition) is 1. The fourth-order valence-corrected chi connectivity index (χ4v) is 2.38. The molecule has 1 amide bonds. The van der Waals surface area contributed by atoms with E-state index < -0.39 is 5.97 Å². The standard InChI is InChI=1S/C14H16ClNO4/c1-9-4-11(15)2-3-12(9)20-8-13(17)16-6-10(7-16)5-14(18)19/h2-4,10H,5-8H2,1H3,(H,18,19). The number of carboxylic acids is 1. The maximum Gasteiger partial charge on any atom is 0.303 e. The van der Waals surface area contributed by atoms with E-state index in [0.717, 1.165) is 5.56 Å². The number of rotatable bonds is 5. The van der Waals surface area contributed by atoms with Gasteiger partial charge in [0.2, 0.25) is 0 Å². The predicted molar refractivity (Wildman–Crippen MR) is 74.0 cm³/mol. The van der Waals surface area contributed by atoms with Gasteiger partial charge in [0.1, 0.15) is 5.75 Å². The molecule has 1 aliphatic heterocycles. The summed E-state index contributed by atoms with van der Waals surface area (Å²) in [6, 6.07) is 5.21. The van der Waals surface area contributed by atoms with E-state index in [1.807, 2.05) is 6.92 Å². The molecule has 1 aromatic carbocycles. The van der Waals surface area contributed by atoms with Gasteiger partial charge >= 0.3 is 5.97 Å². The number of carbonyl (C=O) groups excluding carboxylic acids is 1. The summed E-state index contributed by atoms with van der Waals surface area (Å²) in [5.74, 6) is -0.254. The lowest BCUT2D eigenvalue weighted by Crippen LogP contribution is -2.52. The van der Waals surface area contributed by atoms with Gasteiger partial charge < -0.3 is 14.7 Å². The topological polar surface area (TPSA) is 66.8 Å². The van der Waals surface area contributed by atoms with Crippen molar-refractivity contribution in [3.63, 3.8) is 0 Å². The van der Waals surface area contributed by atoms with Crippen molar-refractivity contribution < 1.29 is 19.4 Å². The van der Waals surface area contributed by atoms with Crippen molar-refractivity contribution in [2.45, 2.75) is 13.3 Å². The van der Waals surface area contributed by atoms with Gasteiger partial charge in [-0.25, -0.2) is 0 Å². The fourth-order valence-electron chi connectivity index (χ4n) is 2.16. The largest absolute Gasteiger partial charge is 0.483 e. The summed E-state index contributed by atoms with van der Waals surface area (Å²) in [5.41, 5.74) is 0.873. The van der Waals surface area contributed by atoms with E-state index >= 15 is 0 Å². The van der Waals surface area contributed by atoms with Gasteiger partial charge in [-0.15, -0.1) is 0 Å². The van der Waals surface area contributed by atoms with Crippen LogP contribution in [0.15, 0.2) is 18.2 Å². The van der Waals surface area contributed by atoms with Crippen LogP contribution in [0.1, 0.15) is 12.0 Å². The van der Waals surface area contributed by atoms with Gasteiger partial charge in [0, 0.05) is 24.0 Å². The minimum Gasteiger partial charge on any atom is -0.483 e. The van der Waals surface area contributed by atoms with Gasteiger partial charge in [0.15, 0.2) is 6.61 Å². The summed E-state index contributed by atoms with van der Waals surface area (Å²) in [6.45, 7) is 2.81. The number of likely N-dealkylation sites (tertiary alicyclic amines) is 1. The summed E-state index contributed by atoms with van der Waals surface area (Å²) < 4.78 is 5.46. The van der Waals surface area contributed by atoms with Crippen molar-refractivity contribution in [3.8, 4) is 5.75 Å². The van der Waals surface area contributed by atoms with Crippen LogP contribution in [0.4, 0.5) is 0 Å². The Bertz CT molecular complexity index is 526. The molecule has 1 fully saturated rings. The summed E-state index contributed by atoms with van der Waals surface area (Å²) in [7, 11) is 0. The lowest BCUT2D eigenvalue weighted by atomic mass is 9.96. The quantitative estimate of drug-likeness (QED) is 0.902. The van der Waals surface area contributed by atoms with Crippen LogP contribution in [0.25, 0.3) is 0 Å². The second-order valence-corrected chi connectivity index (χ2v) is 5.40. The Morgan fingerprint density at radius 2 is 2.15 bits per heavy atom. The summed E-state index contributed by atoms with van der Waals surface area (Å²) in [4.78, 5) is 24.0. The Hall–Kier alpha value is -1.75. The molecule has 0 atom stereocenters. The highest BCUT2D eigenvalue weighted by Gasteiger charge is 2.32. The lowest BCUT2D eigenvalue weighted by Gasteiger charge is -2.38. The van der Waals surface area contributed by atoms with E-state index in [2.05, 4.69) is 0 Å². The lowest BCUT2D eigenvalue weighted by molar-refractivity contribution is -0.146. The number of carboxylic acid groups (broad SMARTS) is 1. The monoisotopic (exact) mass is 297 g/mol. The molecule has 1 aromatic rings. The molecule has 0 aliphatic carbocycles. The second-order valence-electron chi connectivity index (χ2n) is 4.96. The zero-order chi connectivity index (χ0) is 14.7. The van der Waals surface area contributed by atoms with Crippen LogP contribution >= 0.6 is 11.6 Å². The second kappa shape index (κ2) is 6.13. The molecule has 0 aromatic heterocycles. The maximum absolute atomic E-state index is 11.8. The molecule has 2 rings (SSSR count). The first-order chi connectivity index (χ1) is 9.45. The van der Waals surface area contributed by atoms with Crippen molar-refractivity contribution >= 4 is 23.5 Å². The van der Waals surface area contributed by atoms with Crippen LogP contribution in [0.5, 0.6) is 5.75 Å².